The molecule has 1 aliphatic heterocycles. The Morgan fingerprint density at radius 2 is 1.68 bits per heavy atom. The summed E-state index contributed by atoms with van der Waals surface area (Å²) in [5, 5.41) is 0. The Morgan fingerprint density at radius 1 is 1.05 bits per heavy atom. The predicted octanol–water partition coefficient (Wildman–Crippen LogP) is 1.26. The molecule has 2 heterocycles. The van der Waals surface area contributed by atoms with E-state index in [0.717, 1.165) is 14.6 Å². The van der Waals surface area contributed by atoms with Gasteiger partial charge < -0.3 is 9.80 Å². The lowest BCUT2D eigenvalue weighted by Crippen LogP contribution is -2.39. The number of halogens is 1. The number of aromatic nitrogens is 2. The normalized spacial score (nSPS) is 13.6. The maximum Gasteiger partial charge on any atom is 0.332 e. The van der Waals surface area contributed by atoms with Gasteiger partial charge in [-0.15, -0.1) is 0 Å². The average Bonchev–Trinajstić information content (AvgIpc) is 2.81. The number of hydrogen-bond acceptors (Lipinski definition) is 4. The SMILES string of the molecule is CN1CN(Cc2ccc(Br)cc2)c2c1n(C)c(=O)n(C)c2=O. The molecule has 6 nitrogen and oxygen atoms in total. The minimum Gasteiger partial charge on any atom is -0.342 e. The van der Waals surface area contributed by atoms with Crippen molar-refractivity contribution in [2.24, 2.45) is 14.1 Å². The second kappa shape index (κ2) is 5.31. The molecule has 0 unspecified atom stereocenters. The number of anilines is 2. The van der Waals surface area contributed by atoms with E-state index in [2.05, 4.69) is 15.9 Å². The molecule has 1 aliphatic rings. The molecule has 3 rings (SSSR count). The van der Waals surface area contributed by atoms with E-state index in [4.69, 9.17) is 0 Å². The summed E-state index contributed by atoms with van der Waals surface area (Å²) in [7, 11) is 5.10. The summed E-state index contributed by atoms with van der Waals surface area (Å²) < 4.78 is 3.71. The van der Waals surface area contributed by atoms with Crippen LogP contribution in [0, 0.1) is 0 Å². The van der Waals surface area contributed by atoms with Gasteiger partial charge in [0.25, 0.3) is 5.56 Å². The minimum absolute atomic E-state index is 0.250. The lowest BCUT2D eigenvalue weighted by Gasteiger charge is -2.18. The first-order chi connectivity index (χ1) is 10.4. The molecule has 22 heavy (non-hydrogen) atoms. The maximum atomic E-state index is 12.5. The summed E-state index contributed by atoms with van der Waals surface area (Å²) in [4.78, 5) is 28.5. The number of benzene rings is 1. The monoisotopic (exact) mass is 364 g/mol. The molecule has 0 saturated heterocycles. The summed E-state index contributed by atoms with van der Waals surface area (Å²) in [5.74, 6) is 0.671. The van der Waals surface area contributed by atoms with Crippen LogP contribution in [0.1, 0.15) is 5.56 Å². The van der Waals surface area contributed by atoms with Crippen molar-refractivity contribution < 1.29 is 0 Å². The largest absolute Gasteiger partial charge is 0.342 e. The zero-order valence-corrected chi connectivity index (χ0v) is 14.3. The molecule has 0 atom stereocenters. The topological polar surface area (TPSA) is 50.5 Å². The van der Waals surface area contributed by atoms with Crippen LogP contribution in [-0.4, -0.2) is 22.9 Å². The average molecular weight is 365 g/mol. The van der Waals surface area contributed by atoms with Crippen molar-refractivity contribution in [3.05, 3.63) is 55.1 Å². The van der Waals surface area contributed by atoms with Crippen LogP contribution in [0.4, 0.5) is 11.5 Å². The highest BCUT2D eigenvalue weighted by Crippen LogP contribution is 2.31. The van der Waals surface area contributed by atoms with Crippen molar-refractivity contribution in [2.45, 2.75) is 6.54 Å². The van der Waals surface area contributed by atoms with Crippen LogP contribution in [0.15, 0.2) is 38.3 Å². The molecule has 0 aliphatic carbocycles. The van der Waals surface area contributed by atoms with Gasteiger partial charge in [0.1, 0.15) is 11.5 Å². The van der Waals surface area contributed by atoms with Crippen molar-refractivity contribution in [2.75, 3.05) is 23.5 Å². The van der Waals surface area contributed by atoms with E-state index in [-0.39, 0.29) is 11.2 Å². The molecule has 2 aromatic rings. The Hall–Kier alpha value is -2.02. The molecule has 0 bridgehead atoms. The molecule has 7 heteroatoms. The Morgan fingerprint density at radius 3 is 2.32 bits per heavy atom. The lowest BCUT2D eigenvalue weighted by molar-refractivity contribution is 0.689. The van der Waals surface area contributed by atoms with Gasteiger partial charge in [0.2, 0.25) is 0 Å². The van der Waals surface area contributed by atoms with Crippen LogP contribution in [0.3, 0.4) is 0 Å². The summed E-state index contributed by atoms with van der Waals surface area (Å²) in [6.45, 7) is 1.20. The molecule has 0 N–H and O–H groups in total. The number of nitrogens with zero attached hydrogens (tertiary/aromatic N) is 4. The van der Waals surface area contributed by atoms with Gasteiger partial charge in [-0.1, -0.05) is 28.1 Å². The standard InChI is InChI=1S/C15H17BrN4O2/c1-17-9-20(8-10-4-6-11(16)7-5-10)12-13(17)18(2)15(22)19(3)14(12)21/h4-7H,8-9H2,1-3H3. The van der Waals surface area contributed by atoms with Gasteiger partial charge in [-0.3, -0.25) is 13.9 Å². The highest BCUT2D eigenvalue weighted by atomic mass is 79.9. The third kappa shape index (κ3) is 2.25. The van der Waals surface area contributed by atoms with Crippen LogP contribution in [0.5, 0.6) is 0 Å². The maximum absolute atomic E-state index is 12.5. The molecule has 116 valence electrons. The molecular weight excluding hydrogens is 348 g/mol. The van der Waals surface area contributed by atoms with Gasteiger partial charge >= 0.3 is 5.69 Å². The Balaban J connectivity index is 2.08. The highest BCUT2D eigenvalue weighted by molar-refractivity contribution is 9.10. The van der Waals surface area contributed by atoms with Crippen molar-refractivity contribution >= 4 is 27.4 Å². The fourth-order valence-corrected chi connectivity index (χ4v) is 3.13. The second-order valence-corrected chi connectivity index (χ2v) is 6.46. The van der Waals surface area contributed by atoms with Gasteiger partial charge in [0.15, 0.2) is 0 Å². The van der Waals surface area contributed by atoms with Crippen LogP contribution in [0.25, 0.3) is 0 Å². The van der Waals surface area contributed by atoms with E-state index in [9.17, 15) is 9.59 Å². The predicted molar refractivity (Wildman–Crippen MR) is 90.5 cm³/mol. The molecule has 0 fully saturated rings. The van der Waals surface area contributed by atoms with E-state index in [0.29, 0.717) is 24.7 Å². The van der Waals surface area contributed by atoms with Crippen LogP contribution < -0.4 is 21.0 Å². The summed E-state index contributed by atoms with van der Waals surface area (Å²) in [6.07, 6.45) is 0. The van der Waals surface area contributed by atoms with E-state index < -0.39 is 0 Å². The van der Waals surface area contributed by atoms with Crippen molar-refractivity contribution in [1.29, 1.82) is 0 Å². The van der Waals surface area contributed by atoms with E-state index in [1.54, 1.807) is 7.05 Å². The van der Waals surface area contributed by atoms with E-state index in [1.807, 2.05) is 41.1 Å². The molecule has 1 aromatic heterocycles. The van der Waals surface area contributed by atoms with Crippen molar-refractivity contribution in [1.82, 2.24) is 9.13 Å². The second-order valence-electron chi connectivity index (χ2n) is 5.54. The molecule has 0 radical (unpaired) electrons. The zero-order valence-electron chi connectivity index (χ0n) is 12.7. The number of rotatable bonds is 2. The molecule has 0 saturated carbocycles. The molecule has 0 spiro atoms. The smallest absolute Gasteiger partial charge is 0.332 e. The molecule has 0 amide bonds. The quantitative estimate of drug-likeness (QED) is 0.804. The van der Waals surface area contributed by atoms with Gasteiger partial charge in [-0.05, 0) is 17.7 Å². The first-order valence-corrected chi connectivity index (χ1v) is 7.70. The van der Waals surface area contributed by atoms with Crippen LogP contribution in [0.2, 0.25) is 0 Å². The lowest BCUT2D eigenvalue weighted by atomic mass is 10.2. The Bertz CT molecular complexity index is 838. The van der Waals surface area contributed by atoms with Gasteiger partial charge in [-0.2, -0.15) is 0 Å². The molecular formula is C15H17BrN4O2. The number of fused-ring (bicyclic) bond motifs is 1. The van der Waals surface area contributed by atoms with Gasteiger partial charge in [-0.25, -0.2) is 4.79 Å². The number of hydrogen-bond donors (Lipinski definition) is 0. The summed E-state index contributed by atoms with van der Waals surface area (Å²) >= 11 is 3.42. The summed E-state index contributed by atoms with van der Waals surface area (Å²) in [5.41, 5.74) is 1.14. The van der Waals surface area contributed by atoms with Gasteiger partial charge in [0, 0.05) is 32.2 Å². The first kappa shape index (κ1) is 14.9. The first-order valence-electron chi connectivity index (χ1n) is 6.90. The van der Waals surface area contributed by atoms with Crippen molar-refractivity contribution in [3.8, 4) is 0 Å². The minimum atomic E-state index is -0.305. The Labute approximate surface area is 136 Å². The summed E-state index contributed by atoms with van der Waals surface area (Å²) in [6, 6.07) is 8.01. The zero-order chi connectivity index (χ0) is 16.0. The third-order valence-electron chi connectivity index (χ3n) is 3.96. The van der Waals surface area contributed by atoms with E-state index in [1.165, 1.54) is 11.6 Å². The Kier molecular flexibility index (Phi) is 3.60. The van der Waals surface area contributed by atoms with Crippen LogP contribution >= 0.6 is 15.9 Å². The van der Waals surface area contributed by atoms with Gasteiger partial charge in [0.05, 0.1) is 6.67 Å². The van der Waals surface area contributed by atoms with Crippen molar-refractivity contribution in [3.63, 3.8) is 0 Å². The van der Waals surface area contributed by atoms with E-state index >= 15 is 0 Å². The fraction of sp³-hybridized carbons (Fsp3) is 0.333. The highest BCUT2D eigenvalue weighted by Gasteiger charge is 2.30. The third-order valence-corrected chi connectivity index (χ3v) is 4.49. The fourth-order valence-electron chi connectivity index (χ4n) is 2.86. The molecule has 1 aromatic carbocycles. The van der Waals surface area contributed by atoms with Crippen LogP contribution in [-0.2, 0) is 20.6 Å².